The SMILES string of the molecule is CCN(CC)P(=O)(C#N)OCCBr. The molecule has 0 aliphatic heterocycles. The third-order valence-corrected chi connectivity index (χ3v) is 3.99. The van der Waals surface area contributed by atoms with Crippen molar-refractivity contribution < 1.29 is 9.09 Å². The summed E-state index contributed by atoms with van der Waals surface area (Å²) >= 11 is 3.15. The van der Waals surface area contributed by atoms with Gasteiger partial charge in [0, 0.05) is 18.4 Å². The molecule has 0 N–H and O–H groups in total. The van der Waals surface area contributed by atoms with E-state index in [4.69, 9.17) is 9.79 Å². The van der Waals surface area contributed by atoms with Crippen LogP contribution in [0.2, 0.25) is 0 Å². The van der Waals surface area contributed by atoms with Crippen molar-refractivity contribution in [2.45, 2.75) is 13.8 Å². The number of alkyl halides is 1. The van der Waals surface area contributed by atoms with Gasteiger partial charge in [-0.15, -0.1) is 0 Å². The molecular weight excluding hydrogens is 255 g/mol. The summed E-state index contributed by atoms with van der Waals surface area (Å²) in [5.74, 6) is 1.75. The van der Waals surface area contributed by atoms with Crippen LogP contribution in [-0.4, -0.2) is 29.7 Å². The Morgan fingerprint density at radius 3 is 2.38 bits per heavy atom. The van der Waals surface area contributed by atoms with Crippen LogP contribution >= 0.6 is 23.4 Å². The van der Waals surface area contributed by atoms with Gasteiger partial charge in [0.1, 0.15) is 0 Å². The second-order valence-electron chi connectivity index (χ2n) is 2.28. The largest absolute Gasteiger partial charge is 0.371 e. The number of halogens is 1. The third-order valence-electron chi connectivity index (χ3n) is 1.57. The summed E-state index contributed by atoms with van der Waals surface area (Å²) in [4.78, 5) is 0. The summed E-state index contributed by atoms with van der Waals surface area (Å²) in [5, 5.41) is 9.33. The standard InChI is InChI=1S/C7H14BrN2O2P/c1-3-10(4-2)13(11,7-9)12-6-5-8/h3-6H2,1-2H3. The van der Waals surface area contributed by atoms with Crippen molar-refractivity contribution in [2.75, 3.05) is 25.0 Å². The van der Waals surface area contributed by atoms with Crippen LogP contribution in [0.3, 0.4) is 0 Å². The summed E-state index contributed by atoms with van der Waals surface area (Å²) < 4.78 is 18.4. The molecule has 0 fully saturated rings. The highest BCUT2D eigenvalue weighted by Gasteiger charge is 2.29. The molecule has 0 aromatic rings. The molecule has 76 valence electrons. The molecule has 6 heteroatoms. The van der Waals surface area contributed by atoms with Gasteiger partial charge < -0.3 is 4.52 Å². The first-order chi connectivity index (χ1) is 6.14. The van der Waals surface area contributed by atoms with Crippen LogP contribution < -0.4 is 0 Å². The molecule has 0 radical (unpaired) electrons. The molecule has 0 spiro atoms. The van der Waals surface area contributed by atoms with Crippen molar-refractivity contribution in [2.24, 2.45) is 0 Å². The highest BCUT2D eigenvalue weighted by atomic mass is 79.9. The first-order valence-electron chi connectivity index (χ1n) is 4.11. The lowest BCUT2D eigenvalue weighted by Gasteiger charge is -2.22. The van der Waals surface area contributed by atoms with Crippen LogP contribution in [0.25, 0.3) is 0 Å². The summed E-state index contributed by atoms with van der Waals surface area (Å²) in [5.41, 5.74) is 0. The van der Waals surface area contributed by atoms with Crippen molar-refractivity contribution in [1.29, 1.82) is 5.26 Å². The van der Waals surface area contributed by atoms with Crippen LogP contribution in [0, 0.1) is 11.1 Å². The fourth-order valence-electron chi connectivity index (χ4n) is 0.928. The van der Waals surface area contributed by atoms with E-state index in [9.17, 15) is 4.57 Å². The van der Waals surface area contributed by atoms with E-state index in [0.717, 1.165) is 0 Å². The molecule has 0 saturated heterocycles. The second-order valence-corrected chi connectivity index (χ2v) is 5.14. The van der Waals surface area contributed by atoms with E-state index in [2.05, 4.69) is 15.9 Å². The van der Waals surface area contributed by atoms with Crippen LogP contribution in [0.4, 0.5) is 0 Å². The molecule has 0 saturated carbocycles. The first kappa shape index (κ1) is 13.1. The molecule has 1 unspecified atom stereocenters. The summed E-state index contributed by atoms with van der Waals surface area (Å²) in [6.07, 6.45) is 0. The molecule has 0 rings (SSSR count). The fraction of sp³-hybridized carbons (Fsp3) is 0.857. The highest BCUT2D eigenvalue weighted by molar-refractivity contribution is 9.09. The third kappa shape index (κ3) is 3.78. The molecule has 0 aromatic heterocycles. The Morgan fingerprint density at radius 1 is 1.54 bits per heavy atom. The minimum absolute atomic E-state index is 0.293. The van der Waals surface area contributed by atoms with E-state index in [0.29, 0.717) is 25.0 Å². The van der Waals surface area contributed by atoms with Gasteiger partial charge in [0.2, 0.25) is 0 Å². The maximum Gasteiger partial charge on any atom is 0.371 e. The predicted molar refractivity (Wildman–Crippen MR) is 55.9 cm³/mol. The molecule has 0 bridgehead atoms. The maximum atomic E-state index is 11.8. The smallest absolute Gasteiger partial charge is 0.306 e. The molecule has 1 atom stereocenters. The molecule has 0 aliphatic rings. The molecule has 0 heterocycles. The Labute approximate surface area is 87.5 Å². The molecule has 13 heavy (non-hydrogen) atoms. The van der Waals surface area contributed by atoms with Gasteiger partial charge in [0.05, 0.1) is 6.61 Å². The second kappa shape index (κ2) is 6.56. The molecular formula is C7H14BrN2O2P. The Morgan fingerprint density at radius 2 is 2.08 bits per heavy atom. The number of nitriles is 1. The lowest BCUT2D eigenvalue weighted by Crippen LogP contribution is -2.20. The zero-order valence-corrected chi connectivity index (χ0v) is 10.3. The zero-order chi connectivity index (χ0) is 10.3. The topological polar surface area (TPSA) is 53.3 Å². The minimum Gasteiger partial charge on any atom is -0.306 e. The Hall–Kier alpha value is 0.120. The van der Waals surface area contributed by atoms with E-state index in [1.54, 1.807) is 10.5 Å². The van der Waals surface area contributed by atoms with Crippen molar-refractivity contribution in [1.82, 2.24) is 4.67 Å². The summed E-state index contributed by atoms with van der Waals surface area (Å²) in [6.45, 7) is 5.12. The van der Waals surface area contributed by atoms with Crippen LogP contribution in [0.15, 0.2) is 0 Å². The van der Waals surface area contributed by atoms with Gasteiger partial charge in [-0.2, -0.15) is 5.26 Å². The van der Waals surface area contributed by atoms with E-state index in [1.165, 1.54) is 0 Å². The van der Waals surface area contributed by atoms with Crippen LogP contribution in [0.1, 0.15) is 13.8 Å². The van der Waals surface area contributed by atoms with Crippen molar-refractivity contribution >= 4 is 23.4 Å². The van der Waals surface area contributed by atoms with Gasteiger partial charge in [0.25, 0.3) is 0 Å². The minimum atomic E-state index is -3.22. The van der Waals surface area contributed by atoms with Crippen molar-refractivity contribution in [3.05, 3.63) is 0 Å². The normalized spacial score (nSPS) is 15.3. The van der Waals surface area contributed by atoms with Crippen molar-refractivity contribution in [3.8, 4) is 5.81 Å². The average Bonchev–Trinajstić information content (AvgIpc) is 2.16. The van der Waals surface area contributed by atoms with Gasteiger partial charge in [0.15, 0.2) is 5.81 Å². The van der Waals surface area contributed by atoms with E-state index in [-0.39, 0.29) is 0 Å². The number of nitrogens with zero attached hydrogens (tertiary/aromatic N) is 2. The van der Waals surface area contributed by atoms with Crippen LogP contribution in [-0.2, 0) is 9.09 Å². The number of hydrogen-bond acceptors (Lipinski definition) is 3. The average molecular weight is 269 g/mol. The van der Waals surface area contributed by atoms with Gasteiger partial charge in [-0.1, -0.05) is 29.8 Å². The quantitative estimate of drug-likeness (QED) is 0.549. The molecule has 0 amide bonds. The molecule has 0 aromatic carbocycles. The van der Waals surface area contributed by atoms with E-state index < -0.39 is 7.52 Å². The highest BCUT2D eigenvalue weighted by Crippen LogP contribution is 2.48. The number of rotatable bonds is 6. The van der Waals surface area contributed by atoms with E-state index in [1.807, 2.05) is 13.8 Å². The van der Waals surface area contributed by atoms with Crippen LogP contribution in [0.5, 0.6) is 0 Å². The first-order valence-corrected chi connectivity index (χ1v) is 6.81. The Kier molecular flexibility index (Phi) is 6.62. The van der Waals surface area contributed by atoms with Crippen molar-refractivity contribution in [3.63, 3.8) is 0 Å². The Balaban J connectivity index is 4.43. The van der Waals surface area contributed by atoms with Gasteiger partial charge in [-0.25, -0.2) is 4.67 Å². The fourth-order valence-corrected chi connectivity index (χ4v) is 2.77. The predicted octanol–water partition coefficient (Wildman–Crippen LogP) is 2.41. The monoisotopic (exact) mass is 268 g/mol. The zero-order valence-electron chi connectivity index (χ0n) is 7.86. The Bertz CT molecular complexity index is 225. The number of hydrogen-bond donors (Lipinski definition) is 0. The lowest BCUT2D eigenvalue weighted by molar-refractivity contribution is 0.290. The van der Waals surface area contributed by atoms with Gasteiger partial charge in [-0.05, 0) is 0 Å². The lowest BCUT2D eigenvalue weighted by atomic mass is 10.7. The molecule has 4 nitrogen and oxygen atoms in total. The maximum absolute atomic E-state index is 11.8. The van der Waals surface area contributed by atoms with Gasteiger partial charge >= 0.3 is 7.52 Å². The van der Waals surface area contributed by atoms with Gasteiger partial charge in [-0.3, -0.25) is 4.57 Å². The summed E-state index contributed by atoms with van der Waals surface area (Å²) in [6, 6.07) is 0. The summed E-state index contributed by atoms with van der Waals surface area (Å²) in [7, 11) is -3.22. The molecule has 0 aliphatic carbocycles. The van der Waals surface area contributed by atoms with E-state index >= 15 is 0 Å².